The van der Waals surface area contributed by atoms with E-state index in [1.165, 1.54) is 7.11 Å². The molecule has 0 saturated carbocycles. The molecule has 6 nitrogen and oxygen atoms in total. The molecular weight excluding hydrogens is 454 g/mol. The number of rotatable bonds is 12. The maximum Gasteiger partial charge on any atom is 0.323 e. The standard InChI is InChI=1S/C30H39NO5/c1-22-11-9-10-14-25(22)20-35-28-18-24(15-16-27(28)34-19-23-12-7-6-8-13-23)17-26(29(32)33-5)31-21-36-30(2,3)4/h6-16,18,22,25-26,31H,17,19-21H2,1-5H3/t22?,25?,26-/m0/s1. The van der Waals surface area contributed by atoms with Crippen LogP contribution < -0.4 is 14.8 Å². The summed E-state index contributed by atoms with van der Waals surface area (Å²) in [5.74, 6) is 1.66. The normalized spacial score (nSPS) is 18.0. The molecule has 194 valence electrons. The fourth-order valence-corrected chi connectivity index (χ4v) is 3.78. The predicted molar refractivity (Wildman–Crippen MR) is 142 cm³/mol. The number of ether oxygens (including phenoxy) is 4. The Morgan fingerprint density at radius 1 is 0.972 bits per heavy atom. The topological polar surface area (TPSA) is 66.0 Å². The van der Waals surface area contributed by atoms with Crippen molar-refractivity contribution < 1.29 is 23.7 Å². The first kappa shape index (κ1) is 27.5. The first-order chi connectivity index (χ1) is 17.2. The number of hydrogen-bond donors (Lipinski definition) is 1. The zero-order chi connectivity index (χ0) is 26.0. The van der Waals surface area contributed by atoms with Crippen LogP contribution in [0.2, 0.25) is 0 Å². The van der Waals surface area contributed by atoms with Gasteiger partial charge < -0.3 is 18.9 Å². The number of carbonyl (C=O) groups excluding carboxylic acids is 1. The summed E-state index contributed by atoms with van der Waals surface area (Å²) in [7, 11) is 1.39. The molecule has 3 atom stereocenters. The molecule has 0 aromatic heterocycles. The van der Waals surface area contributed by atoms with Crippen molar-refractivity contribution in [2.75, 3.05) is 20.4 Å². The Hall–Kier alpha value is -3.09. The van der Waals surface area contributed by atoms with Gasteiger partial charge in [0.15, 0.2) is 11.5 Å². The fraction of sp³-hybridized carbons (Fsp3) is 0.433. The van der Waals surface area contributed by atoms with E-state index in [0.29, 0.717) is 37.1 Å². The maximum absolute atomic E-state index is 12.4. The first-order valence-corrected chi connectivity index (χ1v) is 12.5. The van der Waals surface area contributed by atoms with E-state index in [0.717, 1.165) is 11.1 Å². The highest BCUT2D eigenvalue weighted by molar-refractivity contribution is 5.76. The average Bonchev–Trinajstić information content (AvgIpc) is 2.86. The summed E-state index contributed by atoms with van der Waals surface area (Å²) in [4.78, 5) is 12.4. The van der Waals surface area contributed by atoms with Gasteiger partial charge >= 0.3 is 5.97 Å². The van der Waals surface area contributed by atoms with E-state index in [2.05, 4.69) is 36.5 Å². The van der Waals surface area contributed by atoms with Crippen LogP contribution in [0.3, 0.4) is 0 Å². The van der Waals surface area contributed by atoms with E-state index in [-0.39, 0.29) is 24.2 Å². The highest BCUT2D eigenvalue weighted by Gasteiger charge is 2.22. The van der Waals surface area contributed by atoms with Crippen molar-refractivity contribution >= 4 is 5.97 Å². The molecule has 2 aromatic carbocycles. The summed E-state index contributed by atoms with van der Waals surface area (Å²) in [6.07, 6.45) is 8.91. The molecule has 1 aliphatic rings. The zero-order valence-corrected chi connectivity index (χ0v) is 22.0. The number of methoxy groups -OCH3 is 1. The van der Waals surface area contributed by atoms with Crippen LogP contribution in [-0.2, 0) is 27.3 Å². The lowest BCUT2D eigenvalue weighted by Crippen LogP contribution is -2.42. The van der Waals surface area contributed by atoms with Crippen molar-refractivity contribution in [1.82, 2.24) is 5.32 Å². The van der Waals surface area contributed by atoms with E-state index in [1.807, 2.05) is 69.3 Å². The lowest BCUT2D eigenvalue weighted by atomic mass is 9.91. The largest absolute Gasteiger partial charge is 0.489 e. The molecule has 0 aliphatic heterocycles. The van der Waals surface area contributed by atoms with Crippen molar-refractivity contribution in [2.45, 2.75) is 52.4 Å². The number of allylic oxidation sites excluding steroid dienone is 3. The van der Waals surface area contributed by atoms with Crippen molar-refractivity contribution in [2.24, 2.45) is 11.8 Å². The van der Waals surface area contributed by atoms with Gasteiger partial charge in [0, 0.05) is 5.92 Å². The van der Waals surface area contributed by atoms with Crippen molar-refractivity contribution in [1.29, 1.82) is 0 Å². The SMILES string of the molecule is COC(=O)[C@H](Cc1ccc(OCc2ccccc2)c(OCC2C=CC=CC2C)c1)NCOC(C)(C)C. The van der Waals surface area contributed by atoms with Crippen LogP contribution in [0.4, 0.5) is 0 Å². The number of nitrogens with one attached hydrogen (secondary N) is 1. The lowest BCUT2D eigenvalue weighted by molar-refractivity contribution is -0.144. The third-order valence-electron chi connectivity index (χ3n) is 6.00. The van der Waals surface area contributed by atoms with Gasteiger partial charge in [-0.15, -0.1) is 0 Å². The third-order valence-corrected chi connectivity index (χ3v) is 6.00. The molecule has 0 fully saturated rings. The van der Waals surface area contributed by atoms with Crippen LogP contribution in [0.1, 0.15) is 38.8 Å². The summed E-state index contributed by atoms with van der Waals surface area (Å²) in [5, 5.41) is 3.16. The molecule has 1 aliphatic carbocycles. The maximum atomic E-state index is 12.4. The Labute approximate surface area is 215 Å². The highest BCUT2D eigenvalue weighted by atomic mass is 16.5. The van der Waals surface area contributed by atoms with Gasteiger partial charge in [0.05, 0.1) is 26.0 Å². The molecule has 2 aromatic rings. The van der Waals surface area contributed by atoms with Gasteiger partial charge in [-0.2, -0.15) is 0 Å². The van der Waals surface area contributed by atoms with Crippen LogP contribution in [0, 0.1) is 11.8 Å². The molecule has 0 amide bonds. The van der Waals surface area contributed by atoms with E-state index in [1.54, 1.807) is 0 Å². The predicted octanol–water partition coefficient (Wildman–Crippen LogP) is 5.47. The van der Waals surface area contributed by atoms with Crippen molar-refractivity contribution in [3.63, 3.8) is 0 Å². The molecule has 0 bridgehead atoms. The number of hydrogen-bond acceptors (Lipinski definition) is 6. The minimum absolute atomic E-state index is 0.240. The molecule has 0 spiro atoms. The third kappa shape index (κ3) is 8.85. The van der Waals surface area contributed by atoms with E-state index >= 15 is 0 Å². The second-order valence-corrected chi connectivity index (χ2v) is 10.0. The van der Waals surface area contributed by atoms with Gasteiger partial charge in [0.2, 0.25) is 0 Å². The minimum atomic E-state index is -0.548. The Morgan fingerprint density at radius 3 is 2.42 bits per heavy atom. The van der Waals surface area contributed by atoms with Crippen molar-refractivity contribution in [3.05, 3.63) is 84.0 Å². The molecule has 0 saturated heterocycles. The van der Waals surface area contributed by atoms with Gasteiger partial charge in [-0.3, -0.25) is 10.1 Å². The van der Waals surface area contributed by atoms with Gasteiger partial charge in [-0.05, 0) is 56.4 Å². The van der Waals surface area contributed by atoms with Crippen LogP contribution >= 0.6 is 0 Å². The van der Waals surface area contributed by atoms with Crippen molar-refractivity contribution in [3.8, 4) is 11.5 Å². The number of carbonyl (C=O) groups is 1. The molecule has 2 unspecified atom stereocenters. The Bertz CT molecular complexity index is 1030. The summed E-state index contributed by atoms with van der Waals surface area (Å²) in [5.41, 5.74) is 1.70. The fourth-order valence-electron chi connectivity index (χ4n) is 3.78. The van der Waals surface area contributed by atoms with E-state index < -0.39 is 6.04 Å². The summed E-state index contributed by atoms with van der Waals surface area (Å²) in [6.45, 7) is 9.31. The van der Waals surface area contributed by atoms with Gasteiger partial charge in [-0.25, -0.2) is 0 Å². The summed E-state index contributed by atoms with van der Waals surface area (Å²) >= 11 is 0. The Morgan fingerprint density at radius 2 is 1.72 bits per heavy atom. The highest BCUT2D eigenvalue weighted by Crippen LogP contribution is 2.31. The average molecular weight is 494 g/mol. The number of benzene rings is 2. The Kier molecular flexibility index (Phi) is 10.1. The molecule has 0 radical (unpaired) electrons. The quantitative estimate of drug-likeness (QED) is 0.312. The molecule has 6 heteroatoms. The molecule has 36 heavy (non-hydrogen) atoms. The second-order valence-electron chi connectivity index (χ2n) is 10.0. The molecule has 3 rings (SSSR count). The van der Waals surface area contributed by atoms with E-state index in [9.17, 15) is 4.79 Å². The van der Waals surface area contributed by atoms with Gasteiger partial charge in [0.25, 0.3) is 0 Å². The smallest absolute Gasteiger partial charge is 0.323 e. The summed E-state index contributed by atoms with van der Waals surface area (Å²) < 4.78 is 23.2. The van der Waals surface area contributed by atoms with Gasteiger partial charge in [-0.1, -0.05) is 67.6 Å². The number of esters is 1. The van der Waals surface area contributed by atoms with Crippen LogP contribution in [0.5, 0.6) is 11.5 Å². The zero-order valence-electron chi connectivity index (χ0n) is 22.0. The Balaban J connectivity index is 1.75. The second kappa shape index (κ2) is 13.3. The van der Waals surface area contributed by atoms with Crippen LogP contribution in [0.15, 0.2) is 72.8 Å². The monoisotopic (exact) mass is 493 g/mol. The molecule has 1 N–H and O–H groups in total. The van der Waals surface area contributed by atoms with Crippen LogP contribution in [-0.4, -0.2) is 38.1 Å². The van der Waals surface area contributed by atoms with Crippen LogP contribution in [0.25, 0.3) is 0 Å². The molecular formula is C30H39NO5. The summed E-state index contributed by atoms with van der Waals surface area (Å²) in [6, 6.07) is 15.3. The first-order valence-electron chi connectivity index (χ1n) is 12.5. The molecule has 0 heterocycles. The lowest BCUT2D eigenvalue weighted by Gasteiger charge is -2.24. The minimum Gasteiger partial charge on any atom is -0.489 e. The van der Waals surface area contributed by atoms with E-state index in [4.69, 9.17) is 18.9 Å². The van der Waals surface area contributed by atoms with Gasteiger partial charge in [0.1, 0.15) is 12.6 Å².